The van der Waals surface area contributed by atoms with Crippen LogP contribution in [-0.4, -0.2) is 53.4 Å². The molecule has 0 aliphatic heterocycles. The van der Waals surface area contributed by atoms with Gasteiger partial charge in [0.15, 0.2) is 0 Å². The van der Waals surface area contributed by atoms with Crippen molar-refractivity contribution in [1.82, 2.24) is 19.9 Å². The van der Waals surface area contributed by atoms with Crippen molar-refractivity contribution in [3.8, 4) is 0 Å². The number of benzene rings is 1. The summed E-state index contributed by atoms with van der Waals surface area (Å²) in [6, 6.07) is 11.9. The second-order valence-electron chi connectivity index (χ2n) is 6.69. The summed E-state index contributed by atoms with van der Waals surface area (Å²) in [6.07, 6.45) is 7.34. The number of likely N-dealkylation sites (N-methyl/N-ethyl adjacent to an activating group) is 1. The molecule has 0 radical (unpaired) electrons. The summed E-state index contributed by atoms with van der Waals surface area (Å²) in [5.74, 6) is 0.442. The van der Waals surface area contributed by atoms with E-state index in [1.54, 1.807) is 30.5 Å². The van der Waals surface area contributed by atoms with E-state index in [1.807, 2.05) is 55.4 Å². The van der Waals surface area contributed by atoms with Crippen molar-refractivity contribution in [2.45, 2.75) is 6.42 Å². The number of rotatable bonds is 7. The lowest BCUT2D eigenvalue weighted by Gasteiger charge is -2.16. The zero-order valence-corrected chi connectivity index (χ0v) is 16.3. The summed E-state index contributed by atoms with van der Waals surface area (Å²) in [7, 11) is 5.76. The zero-order valence-electron chi connectivity index (χ0n) is 16.3. The molecule has 2 aromatic heterocycles. The van der Waals surface area contributed by atoms with Crippen LogP contribution in [0.15, 0.2) is 61.2 Å². The van der Waals surface area contributed by atoms with Crippen LogP contribution in [0.5, 0.6) is 0 Å². The van der Waals surface area contributed by atoms with Gasteiger partial charge in [-0.05, 0) is 48.4 Å². The topological polar surface area (TPSA) is 74.2 Å². The average Bonchev–Trinajstić information content (AvgIpc) is 2.73. The quantitative estimate of drug-likeness (QED) is 0.683. The van der Waals surface area contributed by atoms with E-state index in [1.165, 1.54) is 6.20 Å². The number of hydrogen-bond donors (Lipinski definition) is 1. The SMILES string of the molecule is CN(CCc1ccncc1)C(=O)c1cnc(Nc2ccc(N(C)C)cc2)cn1. The third kappa shape index (κ3) is 5.03. The van der Waals surface area contributed by atoms with Gasteiger partial charge in [0, 0.05) is 51.5 Å². The van der Waals surface area contributed by atoms with Gasteiger partial charge < -0.3 is 15.1 Å². The standard InChI is InChI=1S/C21H24N6O/c1-26(2)18-6-4-17(5-7-18)25-20-15-23-19(14-24-20)21(28)27(3)13-10-16-8-11-22-12-9-16/h4-9,11-12,14-15H,10,13H2,1-3H3,(H,24,25). The maximum absolute atomic E-state index is 12.5. The Morgan fingerprint density at radius 1 is 0.964 bits per heavy atom. The molecule has 28 heavy (non-hydrogen) atoms. The highest BCUT2D eigenvalue weighted by Crippen LogP contribution is 2.18. The first-order chi connectivity index (χ1) is 13.5. The highest BCUT2D eigenvalue weighted by molar-refractivity contribution is 5.91. The summed E-state index contributed by atoms with van der Waals surface area (Å²) in [5.41, 5.74) is 3.49. The molecule has 0 saturated carbocycles. The summed E-state index contributed by atoms with van der Waals surface area (Å²) in [4.78, 5) is 28.8. The maximum Gasteiger partial charge on any atom is 0.273 e. The predicted octanol–water partition coefficient (Wildman–Crippen LogP) is 3.00. The second-order valence-corrected chi connectivity index (χ2v) is 6.69. The molecule has 0 aliphatic carbocycles. The molecule has 0 fully saturated rings. The van der Waals surface area contributed by atoms with E-state index in [9.17, 15) is 4.79 Å². The van der Waals surface area contributed by atoms with Crippen molar-refractivity contribution in [3.63, 3.8) is 0 Å². The second kappa shape index (κ2) is 8.94. The van der Waals surface area contributed by atoms with Gasteiger partial charge in [-0.1, -0.05) is 0 Å². The molecule has 7 heteroatoms. The largest absolute Gasteiger partial charge is 0.378 e. The molecular weight excluding hydrogens is 352 g/mol. The molecule has 1 N–H and O–H groups in total. The van der Waals surface area contributed by atoms with Crippen LogP contribution in [0.25, 0.3) is 0 Å². The first-order valence-corrected chi connectivity index (χ1v) is 9.04. The van der Waals surface area contributed by atoms with E-state index in [0.717, 1.165) is 23.4 Å². The Morgan fingerprint density at radius 2 is 1.68 bits per heavy atom. The van der Waals surface area contributed by atoms with Gasteiger partial charge in [0.25, 0.3) is 5.91 Å². The summed E-state index contributed by atoms with van der Waals surface area (Å²) < 4.78 is 0. The molecule has 0 saturated heterocycles. The van der Waals surface area contributed by atoms with Crippen molar-refractivity contribution in [3.05, 3.63) is 72.4 Å². The molecule has 3 aromatic rings. The van der Waals surface area contributed by atoms with Crippen molar-refractivity contribution >= 4 is 23.1 Å². The lowest BCUT2D eigenvalue weighted by molar-refractivity contribution is 0.0790. The van der Waals surface area contributed by atoms with E-state index in [4.69, 9.17) is 0 Å². The van der Waals surface area contributed by atoms with Gasteiger partial charge in [-0.15, -0.1) is 0 Å². The van der Waals surface area contributed by atoms with Crippen LogP contribution in [0.1, 0.15) is 16.1 Å². The Balaban J connectivity index is 1.57. The van der Waals surface area contributed by atoms with Crippen LogP contribution in [0.3, 0.4) is 0 Å². The third-order valence-electron chi connectivity index (χ3n) is 4.36. The number of hydrogen-bond acceptors (Lipinski definition) is 6. The van der Waals surface area contributed by atoms with Gasteiger partial charge in [0.1, 0.15) is 11.5 Å². The fourth-order valence-electron chi connectivity index (χ4n) is 2.64. The van der Waals surface area contributed by atoms with Crippen molar-refractivity contribution in [1.29, 1.82) is 0 Å². The molecule has 7 nitrogen and oxygen atoms in total. The Labute approximate surface area is 165 Å². The van der Waals surface area contributed by atoms with E-state index < -0.39 is 0 Å². The Bertz CT molecular complexity index is 894. The molecule has 1 amide bonds. The minimum Gasteiger partial charge on any atom is -0.378 e. The van der Waals surface area contributed by atoms with Crippen LogP contribution in [0.4, 0.5) is 17.2 Å². The number of aromatic nitrogens is 3. The number of amides is 1. The van der Waals surface area contributed by atoms with Gasteiger partial charge in [0.2, 0.25) is 0 Å². The van der Waals surface area contributed by atoms with Crippen LogP contribution < -0.4 is 10.2 Å². The fraction of sp³-hybridized carbons (Fsp3) is 0.238. The Morgan fingerprint density at radius 3 is 2.29 bits per heavy atom. The maximum atomic E-state index is 12.5. The summed E-state index contributed by atoms with van der Waals surface area (Å²) >= 11 is 0. The molecule has 0 spiro atoms. The lowest BCUT2D eigenvalue weighted by Crippen LogP contribution is -2.29. The molecule has 1 aromatic carbocycles. The average molecular weight is 376 g/mol. The highest BCUT2D eigenvalue weighted by atomic mass is 16.2. The van der Waals surface area contributed by atoms with Crippen molar-refractivity contribution in [2.24, 2.45) is 0 Å². The minimum atomic E-state index is -0.150. The van der Waals surface area contributed by atoms with E-state index in [2.05, 4.69) is 20.3 Å². The highest BCUT2D eigenvalue weighted by Gasteiger charge is 2.13. The van der Waals surface area contributed by atoms with Crippen LogP contribution in [0.2, 0.25) is 0 Å². The number of carbonyl (C=O) groups is 1. The van der Waals surface area contributed by atoms with Crippen LogP contribution in [0, 0.1) is 0 Å². The molecule has 2 heterocycles. The number of pyridine rings is 1. The monoisotopic (exact) mass is 376 g/mol. The van der Waals surface area contributed by atoms with E-state index in [0.29, 0.717) is 18.1 Å². The minimum absolute atomic E-state index is 0.150. The van der Waals surface area contributed by atoms with Crippen LogP contribution >= 0.6 is 0 Å². The smallest absolute Gasteiger partial charge is 0.273 e. The molecule has 0 atom stereocenters. The number of nitrogens with zero attached hydrogens (tertiary/aromatic N) is 5. The van der Waals surface area contributed by atoms with Gasteiger partial charge in [-0.3, -0.25) is 9.78 Å². The van der Waals surface area contributed by atoms with Gasteiger partial charge in [-0.2, -0.15) is 0 Å². The van der Waals surface area contributed by atoms with Gasteiger partial charge in [0.05, 0.1) is 12.4 Å². The molecular formula is C21H24N6O. The number of anilines is 3. The molecule has 0 unspecified atom stereocenters. The zero-order chi connectivity index (χ0) is 19.9. The fourth-order valence-corrected chi connectivity index (χ4v) is 2.64. The molecule has 0 bridgehead atoms. The Hall–Kier alpha value is -3.48. The van der Waals surface area contributed by atoms with E-state index in [-0.39, 0.29) is 5.91 Å². The number of carbonyl (C=O) groups excluding carboxylic acids is 1. The summed E-state index contributed by atoms with van der Waals surface area (Å²) in [5, 5.41) is 3.19. The molecule has 0 aliphatic rings. The van der Waals surface area contributed by atoms with Gasteiger partial charge in [-0.25, -0.2) is 9.97 Å². The first-order valence-electron chi connectivity index (χ1n) is 9.04. The van der Waals surface area contributed by atoms with E-state index >= 15 is 0 Å². The third-order valence-corrected chi connectivity index (χ3v) is 4.36. The molecule has 144 valence electrons. The van der Waals surface area contributed by atoms with Gasteiger partial charge >= 0.3 is 0 Å². The normalized spacial score (nSPS) is 10.4. The lowest BCUT2D eigenvalue weighted by atomic mass is 10.2. The Kier molecular flexibility index (Phi) is 6.16. The van der Waals surface area contributed by atoms with Crippen LogP contribution in [-0.2, 0) is 6.42 Å². The first kappa shape index (κ1) is 19.3. The molecule has 3 rings (SSSR count). The van der Waals surface area contributed by atoms with Crippen molar-refractivity contribution in [2.75, 3.05) is 37.9 Å². The summed E-state index contributed by atoms with van der Waals surface area (Å²) in [6.45, 7) is 0.600. The number of nitrogens with one attached hydrogen (secondary N) is 1. The van der Waals surface area contributed by atoms with Crippen molar-refractivity contribution < 1.29 is 4.79 Å². The predicted molar refractivity (Wildman–Crippen MR) is 111 cm³/mol.